The minimum atomic E-state index is -0.611. The van der Waals surface area contributed by atoms with Crippen LogP contribution in [-0.2, 0) is 0 Å². The van der Waals surface area contributed by atoms with E-state index in [4.69, 9.17) is 0 Å². The van der Waals surface area contributed by atoms with Crippen LogP contribution in [0.2, 0.25) is 0 Å². The number of imide groups is 1. The fraction of sp³-hybridized carbons (Fsp3) is 0.250. The third kappa shape index (κ3) is 2.98. The average molecular weight is 398 g/mol. The summed E-state index contributed by atoms with van der Waals surface area (Å²) in [6.45, 7) is 1.17. The van der Waals surface area contributed by atoms with Gasteiger partial charge in [0.1, 0.15) is 11.6 Å². The van der Waals surface area contributed by atoms with Crippen LogP contribution in [0.5, 0.6) is 0 Å². The Morgan fingerprint density at radius 1 is 1.00 bits per heavy atom. The van der Waals surface area contributed by atoms with Crippen LogP contribution >= 0.6 is 0 Å². The first-order chi connectivity index (χ1) is 13.9. The number of amides is 4. The van der Waals surface area contributed by atoms with Crippen molar-refractivity contribution in [3.63, 3.8) is 0 Å². The van der Waals surface area contributed by atoms with Gasteiger partial charge in [-0.15, -0.1) is 0 Å². The van der Waals surface area contributed by atoms with E-state index in [-0.39, 0.29) is 29.0 Å². The van der Waals surface area contributed by atoms with Gasteiger partial charge >= 0.3 is 6.03 Å². The molecule has 4 amide bonds. The monoisotopic (exact) mass is 398 g/mol. The quantitative estimate of drug-likeness (QED) is 0.691. The second-order valence-electron chi connectivity index (χ2n) is 7.50. The highest BCUT2D eigenvalue weighted by Gasteiger charge is 2.56. The van der Waals surface area contributed by atoms with E-state index in [1.165, 1.54) is 24.3 Å². The number of nitrogens with one attached hydrogen (secondary N) is 3. The second kappa shape index (κ2) is 6.26. The van der Waals surface area contributed by atoms with Gasteiger partial charge in [-0.1, -0.05) is 0 Å². The van der Waals surface area contributed by atoms with Crippen molar-refractivity contribution < 1.29 is 23.2 Å². The maximum Gasteiger partial charge on any atom is 0.319 e. The summed E-state index contributed by atoms with van der Waals surface area (Å²) in [6.07, 6.45) is 0. The SMILES string of the molecule is O=C(Nc1ccc2c(c1)C(=O)NC2=O)NC1[C@H]2CN(c3ccc(F)cc3F)C[C@@H]12. The Morgan fingerprint density at radius 2 is 1.72 bits per heavy atom. The number of piperidine rings is 1. The zero-order chi connectivity index (χ0) is 20.3. The van der Waals surface area contributed by atoms with Crippen molar-refractivity contribution in [3.05, 3.63) is 59.2 Å². The third-order valence-electron chi connectivity index (χ3n) is 5.74. The molecule has 9 heteroatoms. The number of nitrogens with zero attached hydrogens (tertiary/aromatic N) is 1. The number of anilines is 2. The summed E-state index contributed by atoms with van der Waals surface area (Å²) >= 11 is 0. The molecule has 3 aliphatic rings. The summed E-state index contributed by atoms with van der Waals surface area (Å²) in [5.41, 5.74) is 1.29. The molecular weight excluding hydrogens is 382 g/mol. The van der Waals surface area contributed by atoms with E-state index in [2.05, 4.69) is 16.0 Å². The van der Waals surface area contributed by atoms with Gasteiger partial charge in [0.25, 0.3) is 11.8 Å². The number of carbonyl (C=O) groups is 3. The fourth-order valence-electron chi connectivity index (χ4n) is 4.24. The van der Waals surface area contributed by atoms with Gasteiger partial charge in [0.15, 0.2) is 0 Å². The topological polar surface area (TPSA) is 90.5 Å². The van der Waals surface area contributed by atoms with E-state index in [1.807, 2.05) is 4.90 Å². The fourth-order valence-corrected chi connectivity index (χ4v) is 4.24. The number of carbonyl (C=O) groups excluding carboxylic acids is 3. The van der Waals surface area contributed by atoms with Gasteiger partial charge in [-0.05, 0) is 30.3 Å². The molecule has 29 heavy (non-hydrogen) atoms. The first-order valence-corrected chi connectivity index (χ1v) is 9.18. The molecule has 3 N–H and O–H groups in total. The molecule has 1 aliphatic carbocycles. The molecule has 2 aromatic rings. The number of halogens is 2. The van der Waals surface area contributed by atoms with Gasteiger partial charge in [0, 0.05) is 42.7 Å². The molecule has 2 fully saturated rings. The molecule has 1 saturated carbocycles. The van der Waals surface area contributed by atoms with E-state index in [0.29, 0.717) is 24.5 Å². The van der Waals surface area contributed by atoms with Crippen LogP contribution in [0.15, 0.2) is 36.4 Å². The first-order valence-electron chi connectivity index (χ1n) is 9.18. The van der Waals surface area contributed by atoms with Gasteiger partial charge < -0.3 is 15.5 Å². The third-order valence-corrected chi connectivity index (χ3v) is 5.74. The zero-order valence-electron chi connectivity index (χ0n) is 15.0. The minimum absolute atomic E-state index is 0.0194. The Labute approximate surface area is 164 Å². The Hall–Kier alpha value is -3.49. The lowest BCUT2D eigenvalue weighted by atomic mass is 10.1. The first kappa shape index (κ1) is 17.6. The zero-order valence-corrected chi connectivity index (χ0v) is 15.0. The highest BCUT2D eigenvalue weighted by Crippen LogP contribution is 2.47. The van der Waals surface area contributed by atoms with Crippen molar-refractivity contribution in [1.82, 2.24) is 10.6 Å². The summed E-state index contributed by atoms with van der Waals surface area (Å²) in [6, 6.07) is 7.61. The normalized spacial score (nSPS) is 24.1. The van der Waals surface area contributed by atoms with Gasteiger partial charge in [0.2, 0.25) is 0 Å². The van der Waals surface area contributed by atoms with Crippen LogP contribution in [0, 0.1) is 23.5 Å². The maximum absolute atomic E-state index is 13.9. The molecule has 0 bridgehead atoms. The molecule has 7 nitrogen and oxygen atoms in total. The van der Waals surface area contributed by atoms with Crippen LogP contribution in [0.3, 0.4) is 0 Å². The van der Waals surface area contributed by atoms with E-state index in [1.54, 1.807) is 6.07 Å². The summed E-state index contributed by atoms with van der Waals surface area (Å²) in [4.78, 5) is 37.4. The molecule has 148 valence electrons. The lowest BCUT2D eigenvalue weighted by Gasteiger charge is -2.23. The predicted molar refractivity (Wildman–Crippen MR) is 99.7 cm³/mol. The molecule has 0 spiro atoms. The molecule has 3 atom stereocenters. The average Bonchev–Trinajstić information content (AvgIpc) is 2.99. The van der Waals surface area contributed by atoms with Crippen LogP contribution < -0.4 is 20.9 Å². The van der Waals surface area contributed by atoms with Gasteiger partial charge in [-0.3, -0.25) is 14.9 Å². The van der Waals surface area contributed by atoms with Crippen molar-refractivity contribution in [3.8, 4) is 0 Å². The number of hydrogen-bond donors (Lipinski definition) is 3. The van der Waals surface area contributed by atoms with Gasteiger partial charge in [-0.2, -0.15) is 0 Å². The van der Waals surface area contributed by atoms with Crippen molar-refractivity contribution >= 4 is 29.2 Å². The van der Waals surface area contributed by atoms with E-state index < -0.39 is 29.5 Å². The van der Waals surface area contributed by atoms with Crippen molar-refractivity contribution in [2.75, 3.05) is 23.3 Å². The number of rotatable bonds is 3. The van der Waals surface area contributed by atoms with E-state index in [0.717, 1.165) is 6.07 Å². The highest BCUT2D eigenvalue weighted by atomic mass is 19.1. The number of benzene rings is 2. The van der Waals surface area contributed by atoms with Crippen molar-refractivity contribution in [1.29, 1.82) is 0 Å². The second-order valence-corrected chi connectivity index (χ2v) is 7.50. The largest absolute Gasteiger partial charge is 0.368 e. The summed E-state index contributed by atoms with van der Waals surface area (Å²) in [7, 11) is 0. The smallest absolute Gasteiger partial charge is 0.319 e. The Balaban J connectivity index is 1.18. The lowest BCUT2D eigenvalue weighted by molar-refractivity contribution is 0.0879. The standard InChI is InChI=1S/C20H16F2N4O3/c21-9-1-4-16(15(22)5-9)26-7-13-14(8-26)17(13)24-20(29)23-10-2-3-11-12(6-10)19(28)25-18(11)27/h1-6,13-14,17H,7-8H2,(H2,23,24,29)(H,25,27,28)/t13-,14+,17?. The van der Waals surface area contributed by atoms with Crippen LogP contribution in [0.4, 0.5) is 25.0 Å². The maximum atomic E-state index is 13.9. The molecule has 2 aliphatic heterocycles. The highest BCUT2D eigenvalue weighted by molar-refractivity contribution is 6.22. The van der Waals surface area contributed by atoms with Crippen LogP contribution in [0.1, 0.15) is 20.7 Å². The van der Waals surface area contributed by atoms with Crippen molar-refractivity contribution in [2.24, 2.45) is 11.8 Å². The number of fused-ring (bicyclic) bond motifs is 2. The Bertz CT molecular complexity index is 1060. The van der Waals surface area contributed by atoms with Gasteiger partial charge in [0.05, 0.1) is 16.8 Å². The van der Waals surface area contributed by atoms with Crippen molar-refractivity contribution in [2.45, 2.75) is 6.04 Å². The summed E-state index contributed by atoms with van der Waals surface area (Å²) < 4.78 is 27.0. The molecule has 2 heterocycles. The number of urea groups is 1. The summed E-state index contributed by atoms with van der Waals surface area (Å²) in [5.74, 6) is -1.73. The molecule has 1 unspecified atom stereocenters. The summed E-state index contributed by atoms with van der Waals surface area (Å²) in [5, 5.41) is 7.76. The molecule has 5 rings (SSSR count). The van der Waals surface area contributed by atoms with E-state index >= 15 is 0 Å². The van der Waals surface area contributed by atoms with E-state index in [9.17, 15) is 23.2 Å². The number of hydrogen-bond acceptors (Lipinski definition) is 4. The van der Waals surface area contributed by atoms with Crippen LogP contribution in [-0.4, -0.2) is 37.0 Å². The molecular formula is C20H16F2N4O3. The molecule has 0 radical (unpaired) electrons. The van der Waals surface area contributed by atoms with Gasteiger partial charge in [-0.25, -0.2) is 13.6 Å². The van der Waals surface area contributed by atoms with Crippen LogP contribution in [0.25, 0.3) is 0 Å². The molecule has 0 aromatic heterocycles. The molecule has 1 saturated heterocycles. The minimum Gasteiger partial charge on any atom is -0.368 e. The predicted octanol–water partition coefficient (Wildman–Crippen LogP) is 2.10. The molecule has 2 aromatic carbocycles. The Kier molecular flexibility index (Phi) is 3.80. The Morgan fingerprint density at radius 3 is 2.45 bits per heavy atom. The lowest BCUT2D eigenvalue weighted by Crippen LogP contribution is -2.37.